The minimum absolute atomic E-state index is 0.0153. The fraction of sp³-hybridized carbons (Fsp3) is 0.417. The quantitative estimate of drug-likeness (QED) is 0.0459. The third-order valence-electron chi connectivity index (χ3n) is 6.61. The maximum atomic E-state index is 13.2. The van der Waals surface area contributed by atoms with Crippen LogP contribution in [0.15, 0.2) is 27.0 Å². The van der Waals surface area contributed by atoms with Crippen LogP contribution in [0.25, 0.3) is 0 Å². The van der Waals surface area contributed by atoms with Gasteiger partial charge in [0.05, 0.1) is 12.6 Å². The number of carboxylic acids is 2. The van der Waals surface area contributed by atoms with Gasteiger partial charge in [-0.2, -0.15) is 0 Å². The second kappa shape index (κ2) is 12.3. The lowest BCUT2D eigenvalue weighted by molar-refractivity contribution is -0.699. The number of anilines is 3. The largest absolute Gasteiger partial charge is 0.478 e. The number of carbonyl (C=O) groups is 4. The number of hydrogen-bond acceptors (Lipinski definition) is 14. The fourth-order valence-corrected chi connectivity index (χ4v) is 7.15. The number of amides is 2. The van der Waals surface area contributed by atoms with Gasteiger partial charge in [-0.15, -0.1) is 23.1 Å². The molecular weight excluding hydrogens is 623 g/mol. The number of nitrogens with one attached hydrogen (secondary N) is 1. The van der Waals surface area contributed by atoms with Gasteiger partial charge in [-0.1, -0.05) is 17.1 Å². The molecule has 0 spiro atoms. The van der Waals surface area contributed by atoms with Crippen LogP contribution in [-0.4, -0.2) is 83.1 Å². The Morgan fingerprint density at radius 3 is 2.56 bits per heavy atom. The lowest BCUT2D eigenvalue weighted by Crippen LogP contribution is -2.71. The van der Waals surface area contributed by atoms with Crippen LogP contribution in [0, 0.1) is 0 Å². The average Bonchev–Trinajstić information content (AvgIpc) is 3.37. The van der Waals surface area contributed by atoms with Crippen molar-refractivity contribution in [3.63, 3.8) is 0 Å². The van der Waals surface area contributed by atoms with Gasteiger partial charge in [0, 0.05) is 16.9 Å². The highest BCUT2D eigenvalue weighted by molar-refractivity contribution is 8.01. The van der Waals surface area contributed by atoms with Crippen molar-refractivity contribution in [3.8, 4) is 0 Å². The van der Waals surface area contributed by atoms with E-state index in [-0.39, 0.29) is 28.0 Å². The number of aliphatic carboxylic acids is 2. The first-order valence-electron chi connectivity index (χ1n) is 12.7. The molecule has 2 aromatic heterocycles. The zero-order valence-corrected chi connectivity index (χ0v) is 25.9. The van der Waals surface area contributed by atoms with E-state index in [2.05, 4.69) is 20.4 Å². The van der Waals surface area contributed by atoms with Crippen molar-refractivity contribution in [2.24, 2.45) is 12.2 Å². The molecule has 2 atom stereocenters. The first kappa shape index (κ1) is 31.8. The molecule has 16 nitrogen and oxygen atoms in total. The zero-order chi connectivity index (χ0) is 31.8. The van der Waals surface area contributed by atoms with Gasteiger partial charge >= 0.3 is 17.1 Å². The van der Waals surface area contributed by atoms with Crippen molar-refractivity contribution < 1.29 is 38.8 Å². The van der Waals surface area contributed by atoms with Gasteiger partial charge in [0.2, 0.25) is 17.2 Å². The Morgan fingerprint density at radius 2 is 1.98 bits per heavy atom. The van der Waals surface area contributed by atoms with E-state index in [9.17, 15) is 29.4 Å². The van der Waals surface area contributed by atoms with E-state index >= 15 is 0 Å². The van der Waals surface area contributed by atoms with Gasteiger partial charge in [-0.3, -0.25) is 14.5 Å². The lowest BCUT2D eigenvalue weighted by atomic mass is 10.0. The second-order valence-electron chi connectivity index (χ2n) is 9.88. The Balaban J connectivity index is 1.53. The fourth-order valence-electron chi connectivity index (χ4n) is 4.13. The predicted molar refractivity (Wildman–Crippen MR) is 160 cm³/mol. The highest BCUT2D eigenvalue weighted by Crippen LogP contribution is 2.41. The summed E-state index contributed by atoms with van der Waals surface area (Å²) in [5.41, 5.74) is 16.8. The standard InChI is InChI=1S/C24H29N9O7S3/c1-5-10-15(25)30-23(32(4)16(10)26)43-7-9-6-41-19-13(18(35)33(19)14(9)20(36)37)29-17(34)12(11-8-42-22(27)28-11)31-40-24(2,3)21(38)39/h8,13,19H,5-7H2,1-4H3,(H8,25,26,27,28,29,34,36,37,38,39)/p+1/b31-12-. The monoisotopic (exact) mass is 652 g/mol. The van der Waals surface area contributed by atoms with Crippen molar-refractivity contribution in [3.05, 3.63) is 27.9 Å². The highest BCUT2D eigenvalue weighted by atomic mass is 32.2. The number of oxime groups is 1. The number of carbonyl (C=O) groups excluding carboxylic acids is 2. The Morgan fingerprint density at radius 1 is 1.28 bits per heavy atom. The molecule has 0 bridgehead atoms. The molecule has 0 aromatic carbocycles. The number of nitrogen functional groups attached to an aromatic ring is 3. The number of carboxylic acid groups (broad SMARTS) is 2. The summed E-state index contributed by atoms with van der Waals surface area (Å²) in [4.78, 5) is 64.9. The number of nitrogens with zero attached hydrogens (tertiary/aromatic N) is 5. The third-order valence-corrected chi connectivity index (χ3v) is 9.74. The summed E-state index contributed by atoms with van der Waals surface area (Å²) in [6, 6.07) is -1.09. The number of thiazole rings is 1. The first-order chi connectivity index (χ1) is 20.2. The number of aromatic nitrogens is 3. The molecule has 0 saturated carbocycles. The summed E-state index contributed by atoms with van der Waals surface area (Å²) in [5, 5.41) is 27.0. The summed E-state index contributed by atoms with van der Waals surface area (Å²) < 4.78 is 1.68. The average molecular weight is 653 g/mol. The maximum Gasteiger partial charge on any atom is 0.352 e. The topological polar surface area (TPSA) is 253 Å². The van der Waals surface area contributed by atoms with Crippen LogP contribution >= 0.6 is 34.9 Å². The van der Waals surface area contributed by atoms with Gasteiger partial charge < -0.3 is 37.6 Å². The van der Waals surface area contributed by atoms with Crippen molar-refractivity contribution in [2.75, 3.05) is 28.7 Å². The van der Waals surface area contributed by atoms with Gasteiger partial charge in [0.15, 0.2) is 10.8 Å². The number of β-lactam (4-membered cyclic amide) rings is 1. The molecule has 2 aromatic rings. The zero-order valence-electron chi connectivity index (χ0n) is 23.5. The van der Waals surface area contributed by atoms with E-state index in [1.54, 1.807) is 11.6 Å². The van der Waals surface area contributed by atoms with E-state index < -0.39 is 46.5 Å². The van der Waals surface area contributed by atoms with E-state index in [4.69, 9.17) is 22.0 Å². The molecule has 1 saturated heterocycles. The Hall–Kier alpha value is -4.10. The molecule has 2 aliphatic rings. The molecule has 1 fully saturated rings. The number of hydrogen-bond donors (Lipinski definition) is 6. The molecular formula is C24H30N9O7S3+. The maximum absolute atomic E-state index is 13.2. The number of fused-ring (bicyclic) bond motifs is 1. The SMILES string of the molecule is CCc1c(N)nc(SCC2=C(C(=O)O)N3C(=O)C(NC(=O)/C(=N\OC(C)(C)C(=O)O)c4csc(N)n4)C3SC2)[n+](C)c1N. The third kappa shape index (κ3) is 6.18. The van der Waals surface area contributed by atoms with Crippen LogP contribution in [0.4, 0.5) is 16.8 Å². The minimum Gasteiger partial charge on any atom is -0.478 e. The van der Waals surface area contributed by atoms with Crippen molar-refractivity contribution >= 4 is 81.1 Å². The molecule has 0 aliphatic carbocycles. The predicted octanol–water partition coefficient (Wildman–Crippen LogP) is -0.214. The van der Waals surface area contributed by atoms with E-state index in [1.807, 2.05) is 6.92 Å². The smallest absolute Gasteiger partial charge is 0.352 e. The Bertz CT molecular complexity index is 1570. The summed E-state index contributed by atoms with van der Waals surface area (Å²) in [7, 11) is 1.73. The molecule has 4 rings (SSSR count). The number of nitrogens with two attached hydrogens (primary N) is 3. The molecule has 2 unspecified atom stereocenters. The molecule has 19 heteroatoms. The van der Waals surface area contributed by atoms with Crippen LogP contribution in [0.1, 0.15) is 32.0 Å². The molecule has 4 heterocycles. The summed E-state index contributed by atoms with van der Waals surface area (Å²) in [5.74, 6) is -2.92. The molecule has 0 radical (unpaired) electrons. The molecule has 9 N–H and O–H groups in total. The van der Waals surface area contributed by atoms with Crippen LogP contribution in [0.5, 0.6) is 0 Å². The molecule has 230 valence electrons. The van der Waals surface area contributed by atoms with Crippen LogP contribution in [0.3, 0.4) is 0 Å². The van der Waals surface area contributed by atoms with E-state index in [1.165, 1.54) is 42.8 Å². The van der Waals surface area contributed by atoms with Crippen LogP contribution in [0.2, 0.25) is 0 Å². The van der Waals surface area contributed by atoms with Crippen molar-refractivity contribution in [2.45, 2.75) is 49.4 Å². The van der Waals surface area contributed by atoms with Crippen LogP contribution < -0.4 is 27.1 Å². The summed E-state index contributed by atoms with van der Waals surface area (Å²) in [6.45, 7) is 4.39. The van der Waals surface area contributed by atoms with Crippen LogP contribution in [-0.2, 0) is 37.5 Å². The van der Waals surface area contributed by atoms with Gasteiger partial charge in [0.25, 0.3) is 11.8 Å². The first-order valence-corrected chi connectivity index (χ1v) is 15.6. The highest BCUT2D eigenvalue weighted by Gasteiger charge is 2.54. The molecule has 2 amide bonds. The van der Waals surface area contributed by atoms with Gasteiger partial charge in [0.1, 0.15) is 22.8 Å². The summed E-state index contributed by atoms with van der Waals surface area (Å²) in [6.07, 6.45) is 0.600. The van der Waals surface area contributed by atoms with E-state index in [0.717, 1.165) is 21.8 Å². The lowest BCUT2D eigenvalue weighted by Gasteiger charge is -2.49. The molecule has 2 aliphatic heterocycles. The summed E-state index contributed by atoms with van der Waals surface area (Å²) >= 11 is 3.53. The van der Waals surface area contributed by atoms with Crippen molar-refractivity contribution in [1.82, 2.24) is 20.2 Å². The van der Waals surface area contributed by atoms with Crippen molar-refractivity contribution in [1.29, 1.82) is 0 Å². The normalized spacial score (nSPS) is 18.7. The Labute approximate surface area is 257 Å². The minimum atomic E-state index is -1.77. The number of rotatable bonds is 11. The van der Waals surface area contributed by atoms with Gasteiger partial charge in [-0.05, 0) is 37.6 Å². The van der Waals surface area contributed by atoms with E-state index in [0.29, 0.717) is 28.8 Å². The Kier molecular flexibility index (Phi) is 9.07. The number of thioether (sulfide) groups is 2. The second-order valence-corrected chi connectivity index (χ2v) is 12.8. The van der Waals surface area contributed by atoms with Gasteiger partial charge in [-0.25, -0.2) is 19.1 Å². The molecule has 43 heavy (non-hydrogen) atoms.